The lowest BCUT2D eigenvalue weighted by Gasteiger charge is -2.13. The summed E-state index contributed by atoms with van der Waals surface area (Å²) in [4.78, 5) is 20.9. The Balaban J connectivity index is 1.52. The average molecular weight is 407 g/mol. The van der Waals surface area contributed by atoms with Crippen molar-refractivity contribution in [3.8, 4) is 11.6 Å². The maximum Gasteiger partial charge on any atom is 0.265 e. The fourth-order valence-electron chi connectivity index (χ4n) is 3.99. The van der Waals surface area contributed by atoms with E-state index >= 15 is 0 Å². The third kappa shape index (κ3) is 3.40. The number of para-hydroxylation sites is 2. The van der Waals surface area contributed by atoms with Gasteiger partial charge in [-0.25, -0.2) is 4.57 Å². The van der Waals surface area contributed by atoms with Crippen LogP contribution < -0.4 is 5.56 Å². The lowest BCUT2D eigenvalue weighted by molar-refractivity contribution is 0.436. The highest BCUT2D eigenvalue weighted by molar-refractivity contribution is 6.01. The van der Waals surface area contributed by atoms with Crippen LogP contribution in [-0.2, 0) is 6.42 Å². The number of aromatic nitrogens is 2. The van der Waals surface area contributed by atoms with E-state index < -0.39 is 0 Å². The van der Waals surface area contributed by atoms with Crippen LogP contribution in [0.25, 0.3) is 27.4 Å². The fraction of sp³-hybridized carbons (Fsp3) is 0.0769. The first-order valence-electron chi connectivity index (χ1n) is 10.2. The largest absolute Gasteiger partial charge is 0.494 e. The minimum atomic E-state index is -0.254. The fourth-order valence-corrected chi connectivity index (χ4v) is 3.99. The van der Waals surface area contributed by atoms with Gasteiger partial charge in [-0.05, 0) is 36.2 Å². The van der Waals surface area contributed by atoms with E-state index in [2.05, 4.69) is 22.1 Å². The van der Waals surface area contributed by atoms with E-state index in [-0.39, 0.29) is 11.4 Å². The number of nitrogens with one attached hydrogen (secondary N) is 1. The summed E-state index contributed by atoms with van der Waals surface area (Å²) in [5.41, 5.74) is 3.22. The van der Waals surface area contributed by atoms with Crippen LogP contribution >= 0.6 is 0 Å². The number of aromatic hydroxyl groups is 1. The number of fused-ring (bicyclic) bond motifs is 2. The Bertz CT molecular complexity index is 1460. The molecule has 2 N–H and O–H groups in total. The Morgan fingerprint density at radius 2 is 1.55 bits per heavy atom. The molecule has 5 aromatic rings. The molecule has 0 spiro atoms. The number of H-pyrrole nitrogens is 1. The smallest absolute Gasteiger partial charge is 0.265 e. The van der Waals surface area contributed by atoms with Gasteiger partial charge in [0, 0.05) is 40.6 Å². The molecule has 0 amide bonds. The second-order valence-electron chi connectivity index (χ2n) is 7.40. The predicted molar refractivity (Wildman–Crippen MR) is 126 cm³/mol. The average Bonchev–Trinajstić information content (AvgIpc) is 3.22. The summed E-state index contributed by atoms with van der Waals surface area (Å²) in [5, 5.41) is 13.4. The van der Waals surface area contributed by atoms with Gasteiger partial charge in [-0.1, -0.05) is 54.6 Å². The molecule has 31 heavy (non-hydrogen) atoms. The van der Waals surface area contributed by atoms with Crippen molar-refractivity contribution in [2.24, 2.45) is 4.99 Å². The number of benzene rings is 3. The summed E-state index contributed by atoms with van der Waals surface area (Å²) < 4.78 is 1.34. The van der Waals surface area contributed by atoms with Crippen molar-refractivity contribution in [1.82, 2.24) is 9.55 Å². The first-order chi connectivity index (χ1) is 15.2. The van der Waals surface area contributed by atoms with Gasteiger partial charge in [0.2, 0.25) is 5.88 Å². The van der Waals surface area contributed by atoms with Crippen LogP contribution in [0.4, 0.5) is 0 Å². The molecule has 0 bridgehead atoms. The molecule has 152 valence electrons. The molecule has 2 aromatic heterocycles. The summed E-state index contributed by atoms with van der Waals surface area (Å²) in [6, 6.07) is 24.6. The van der Waals surface area contributed by atoms with E-state index in [0.29, 0.717) is 28.6 Å². The minimum Gasteiger partial charge on any atom is -0.494 e. The van der Waals surface area contributed by atoms with Crippen LogP contribution in [0, 0.1) is 0 Å². The van der Waals surface area contributed by atoms with Crippen molar-refractivity contribution < 1.29 is 5.11 Å². The highest BCUT2D eigenvalue weighted by Gasteiger charge is 2.15. The van der Waals surface area contributed by atoms with Crippen molar-refractivity contribution in [1.29, 1.82) is 0 Å². The third-order valence-corrected chi connectivity index (χ3v) is 5.52. The Morgan fingerprint density at radius 3 is 2.35 bits per heavy atom. The first-order valence-corrected chi connectivity index (χ1v) is 10.2. The number of pyridine rings is 1. The Morgan fingerprint density at radius 1 is 0.871 bits per heavy atom. The summed E-state index contributed by atoms with van der Waals surface area (Å²) in [5.74, 6) is -0.106. The molecule has 0 aliphatic rings. The van der Waals surface area contributed by atoms with E-state index in [1.807, 2.05) is 54.7 Å². The summed E-state index contributed by atoms with van der Waals surface area (Å²) in [6.45, 7) is 0.570. The molecular formula is C26H21N3O2. The Hall–Kier alpha value is -4.12. The van der Waals surface area contributed by atoms with E-state index in [1.165, 1.54) is 15.5 Å². The highest BCUT2D eigenvalue weighted by Crippen LogP contribution is 2.26. The zero-order valence-electron chi connectivity index (χ0n) is 16.8. The van der Waals surface area contributed by atoms with Gasteiger partial charge >= 0.3 is 0 Å². The molecule has 0 aliphatic heterocycles. The van der Waals surface area contributed by atoms with Crippen LogP contribution in [0.15, 0.2) is 94.8 Å². The molecule has 0 radical (unpaired) electrons. The van der Waals surface area contributed by atoms with Gasteiger partial charge in [0.1, 0.15) is 0 Å². The van der Waals surface area contributed by atoms with Gasteiger partial charge < -0.3 is 10.1 Å². The number of nitrogens with zero attached hydrogens (tertiary/aromatic N) is 2. The van der Waals surface area contributed by atoms with Gasteiger partial charge in [-0.2, -0.15) is 0 Å². The molecule has 5 heteroatoms. The highest BCUT2D eigenvalue weighted by atomic mass is 16.3. The van der Waals surface area contributed by atoms with Crippen molar-refractivity contribution in [3.63, 3.8) is 0 Å². The zero-order valence-corrected chi connectivity index (χ0v) is 16.8. The quantitative estimate of drug-likeness (QED) is 0.409. The maximum absolute atomic E-state index is 13.1. The topological polar surface area (TPSA) is 70.4 Å². The monoisotopic (exact) mass is 407 g/mol. The SMILES string of the molecule is O=c1c2ccccc2c(C=NCCc2c[nH]c3ccccc23)c(O)n1-c1ccccc1. The molecule has 3 aromatic carbocycles. The van der Waals surface area contributed by atoms with Crippen LogP contribution in [0.5, 0.6) is 5.88 Å². The van der Waals surface area contributed by atoms with Crippen molar-refractivity contribution in [2.45, 2.75) is 6.42 Å². The molecule has 0 unspecified atom stereocenters. The normalized spacial score (nSPS) is 11.6. The molecule has 5 rings (SSSR count). The number of rotatable bonds is 5. The van der Waals surface area contributed by atoms with Crippen LogP contribution in [0.3, 0.4) is 0 Å². The molecular weight excluding hydrogens is 386 g/mol. The number of hydrogen-bond donors (Lipinski definition) is 2. The second-order valence-corrected chi connectivity index (χ2v) is 7.40. The van der Waals surface area contributed by atoms with Gasteiger partial charge in [0.15, 0.2) is 0 Å². The summed E-state index contributed by atoms with van der Waals surface area (Å²) in [7, 11) is 0. The number of hydrogen-bond acceptors (Lipinski definition) is 3. The van der Waals surface area contributed by atoms with E-state index in [0.717, 1.165) is 11.9 Å². The predicted octanol–water partition coefficient (Wildman–Crippen LogP) is 4.84. The molecule has 2 heterocycles. The maximum atomic E-state index is 13.1. The molecule has 5 nitrogen and oxygen atoms in total. The van der Waals surface area contributed by atoms with E-state index in [4.69, 9.17) is 0 Å². The lowest BCUT2D eigenvalue weighted by atomic mass is 10.1. The number of aliphatic imine (C=N–C) groups is 1. The lowest BCUT2D eigenvalue weighted by Crippen LogP contribution is -2.20. The van der Waals surface area contributed by atoms with Crippen molar-refractivity contribution in [2.75, 3.05) is 6.54 Å². The minimum absolute atomic E-state index is 0.106. The first kappa shape index (κ1) is 18.9. The summed E-state index contributed by atoms with van der Waals surface area (Å²) >= 11 is 0. The molecule has 0 atom stereocenters. The van der Waals surface area contributed by atoms with Crippen molar-refractivity contribution in [3.05, 3.63) is 107 Å². The van der Waals surface area contributed by atoms with Crippen molar-refractivity contribution >= 4 is 27.9 Å². The Labute approximate surface area is 178 Å². The van der Waals surface area contributed by atoms with Gasteiger partial charge in [0.05, 0.1) is 11.3 Å². The van der Waals surface area contributed by atoms with Crippen LogP contribution in [0.1, 0.15) is 11.1 Å². The van der Waals surface area contributed by atoms with Gasteiger partial charge in [0.25, 0.3) is 5.56 Å². The Kier molecular flexibility index (Phi) is 4.84. The molecule has 0 fully saturated rings. The van der Waals surface area contributed by atoms with Gasteiger partial charge in [-0.15, -0.1) is 0 Å². The molecule has 0 saturated heterocycles. The van der Waals surface area contributed by atoms with E-state index in [9.17, 15) is 9.90 Å². The zero-order chi connectivity index (χ0) is 21.2. The molecule has 0 aliphatic carbocycles. The summed E-state index contributed by atoms with van der Waals surface area (Å²) in [6.07, 6.45) is 4.46. The van der Waals surface area contributed by atoms with Crippen LogP contribution in [-0.4, -0.2) is 27.4 Å². The van der Waals surface area contributed by atoms with Crippen LogP contribution in [0.2, 0.25) is 0 Å². The number of aromatic amines is 1. The van der Waals surface area contributed by atoms with E-state index in [1.54, 1.807) is 24.4 Å². The third-order valence-electron chi connectivity index (χ3n) is 5.52. The molecule has 0 saturated carbocycles. The standard InChI is InChI=1S/C26H21N3O2/c30-25-22-12-5-4-11-21(22)23(26(31)29(25)19-8-2-1-3-9-19)17-27-15-14-18-16-28-24-13-7-6-10-20(18)24/h1-13,16-17,28,31H,14-15H2. The van der Waals surface area contributed by atoms with Gasteiger partial charge in [-0.3, -0.25) is 9.79 Å². The second kappa shape index (κ2) is 7.95.